The summed E-state index contributed by atoms with van der Waals surface area (Å²) in [5.41, 5.74) is 2.61. The SMILES string of the molecule is CCOC(C)n1ccc(C)c1C. The van der Waals surface area contributed by atoms with Crippen LogP contribution in [-0.4, -0.2) is 11.2 Å². The molecular formula is C10H17NO. The standard InChI is InChI=1S/C10H17NO/c1-5-12-10(4)11-7-6-8(2)9(11)3/h6-7,10H,5H2,1-4H3. The van der Waals surface area contributed by atoms with Gasteiger partial charge >= 0.3 is 0 Å². The zero-order valence-electron chi connectivity index (χ0n) is 8.29. The summed E-state index contributed by atoms with van der Waals surface area (Å²) in [6.07, 6.45) is 2.23. The highest BCUT2D eigenvalue weighted by atomic mass is 16.5. The maximum Gasteiger partial charge on any atom is 0.130 e. The van der Waals surface area contributed by atoms with Crippen molar-refractivity contribution in [1.29, 1.82) is 0 Å². The summed E-state index contributed by atoms with van der Waals surface area (Å²) >= 11 is 0. The van der Waals surface area contributed by atoms with E-state index in [-0.39, 0.29) is 6.23 Å². The lowest BCUT2D eigenvalue weighted by Crippen LogP contribution is -2.09. The quantitative estimate of drug-likeness (QED) is 0.675. The van der Waals surface area contributed by atoms with Crippen LogP contribution in [0.4, 0.5) is 0 Å². The third kappa shape index (κ3) is 1.69. The zero-order chi connectivity index (χ0) is 9.14. The molecule has 0 bridgehead atoms. The van der Waals surface area contributed by atoms with Crippen LogP contribution in [0.3, 0.4) is 0 Å². The molecular weight excluding hydrogens is 150 g/mol. The van der Waals surface area contributed by atoms with Gasteiger partial charge in [-0.15, -0.1) is 0 Å². The molecule has 2 heteroatoms. The molecule has 1 heterocycles. The van der Waals surface area contributed by atoms with Crippen LogP contribution in [0.25, 0.3) is 0 Å². The number of hydrogen-bond donors (Lipinski definition) is 0. The maximum atomic E-state index is 5.48. The number of ether oxygens (including phenoxy) is 1. The molecule has 68 valence electrons. The van der Waals surface area contributed by atoms with Crippen molar-refractivity contribution in [2.75, 3.05) is 6.61 Å². The topological polar surface area (TPSA) is 14.2 Å². The Hall–Kier alpha value is -0.760. The van der Waals surface area contributed by atoms with E-state index in [0.717, 1.165) is 6.61 Å². The molecule has 1 aromatic rings. The van der Waals surface area contributed by atoms with E-state index < -0.39 is 0 Å². The van der Waals surface area contributed by atoms with Crippen molar-refractivity contribution in [1.82, 2.24) is 4.57 Å². The van der Waals surface area contributed by atoms with Gasteiger partial charge in [-0.2, -0.15) is 0 Å². The number of rotatable bonds is 3. The monoisotopic (exact) mass is 167 g/mol. The molecule has 0 fully saturated rings. The van der Waals surface area contributed by atoms with Crippen molar-refractivity contribution in [3.8, 4) is 0 Å². The van der Waals surface area contributed by atoms with Crippen molar-refractivity contribution in [3.05, 3.63) is 23.5 Å². The smallest absolute Gasteiger partial charge is 0.130 e. The predicted octanol–water partition coefficient (Wildman–Crippen LogP) is 2.66. The van der Waals surface area contributed by atoms with E-state index in [1.54, 1.807) is 0 Å². The molecule has 0 spiro atoms. The Labute approximate surface area is 74.2 Å². The molecule has 0 radical (unpaired) electrons. The molecule has 0 aromatic carbocycles. The van der Waals surface area contributed by atoms with Crippen LogP contribution < -0.4 is 0 Å². The van der Waals surface area contributed by atoms with E-state index in [0.29, 0.717) is 0 Å². The number of nitrogens with zero attached hydrogens (tertiary/aromatic N) is 1. The van der Waals surface area contributed by atoms with E-state index in [2.05, 4.69) is 37.6 Å². The molecule has 12 heavy (non-hydrogen) atoms. The molecule has 1 atom stereocenters. The minimum atomic E-state index is 0.156. The van der Waals surface area contributed by atoms with Crippen LogP contribution in [0.5, 0.6) is 0 Å². The first kappa shape index (κ1) is 9.33. The second-order valence-electron chi connectivity index (χ2n) is 3.05. The second kappa shape index (κ2) is 3.76. The summed E-state index contributed by atoms with van der Waals surface area (Å²) in [6, 6.07) is 2.12. The van der Waals surface area contributed by atoms with E-state index in [9.17, 15) is 0 Å². The molecule has 1 rings (SSSR count). The number of aryl methyl sites for hydroxylation is 1. The summed E-state index contributed by atoms with van der Waals surface area (Å²) in [5.74, 6) is 0. The van der Waals surface area contributed by atoms with Crippen LogP contribution in [0.15, 0.2) is 12.3 Å². The van der Waals surface area contributed by atoms with Gasteiger partial charge in [0.15, 0.2) is 0 Å². The maximum absolute atomic E-state index is 5.48. The fourth-order valence-corrected chi connectivity index (χ4v) is 1.34. The summed E-state index contributed by atoms with van der Waals surface area (Å²) in [7, 11) is 0. The average molecular weight is 167 g/mol. The lowest BCUT2D eigenvalue weighted by molar-refractivity contribution is 0.0237. The normalized spacial score (nSPS) is 13.3. The summed E-state index contributed by atoms with van der Waals surface area (Å²) in [6.45, 7) is 9.07. The minimum absolute atomic E-state index is 0.156. The molecule has 0 saturated heterocycles. The van der Waals surface area contributed by atoms with Crippen LogP contribution in [0, 0.1) is 13.8 Å². The van der Waals surface area contributed by atoms with E-state index >= 15 is 0 Å². The summed E-state index contributed by atoms with van der Waals surface area (Å²) in [5, 5.41) is 0. The predicted molar refractivity (Wildman–Crippen MR) is 50.2 cm³/mol. The molecule has 0 saturated carbocycles. The Kier molecular flexibility index (Phi) is 2.93. The molecule has 1 unspecified atom stereocenters. The summed E-state index contributed by atoms with van der Waals surface area (Å²) in [4.78, 5) is 0. The molecule has 0 aliphatic rings. The molecule has 0 amide bonds. The van der Waals surface area contributed by atoms with Crippen LogP contribution in [0.1, 0.15) is 31.3 Å². The van der Waals surface area contributed by atoms with Crippen LogP contribution in [0.2, 0.25) is 0 Å². The first-order chi connectivity index (χ1) is 5.66. The molecule has 1 aromatic heterocycles. The van der Waals surface area contributed by atoms with Crippen molar-refractivity contribution in [3.63, 3.8) is 0 Å². The molecule has 0 aliphatic carbocycles. The highest BCUT2D eigenvalue weighted by Gasteiger charge is 2.06. The zero-order valence-corrected chi connectivity index (χ0v) is 8.29. The lowest BCUT2D eigenvalue weighted by atomic mass is 10.3. The Morgan fingerprint density at radius 1 is 1.50 bits per heavy atom. The first-order valence-electron chi connectivity index (χ1n) is 4.42. The fourth-order valence-electron chi connectivity index (χ4n) is 1.34. The molecule has 2 nitrogen and oxygen atoms in total. The van der Waals surface area contributed by atoms with Crippen LogP contribution >= 0.6 is 0 Å². The summed E-state index contributed by atoms with van der Waals surface area (Å²) < 4.78 is 7.64. The van der Waals surface area contributed by atoms with Gasteiger partial charge in [0.05, 0.1) is 0 Å². The Morgan fingerprint density at radius 2 is 2.17 bits per heavy atom. The third-order valence-electron chi connectivity index (χ3n) is 2.24. The van der Waals surface area contributed by atoms with Crippen molar-refractivity contribution >= 4 is 0 Å². The van der Waals surface area contributed by atoms with Gasteiger partial charge < -0.3 is 9.30 Å². The number of hydrogen-bond acceptors (Lipinski definition) is 1. The molecule has 0 N–H and O–H groups in total. The van der Waals surface area contributed by atoms with Gasteiger partial charge in [0.1, 0.15) is 6.23 Å². The third-order valence-corrected chi connectivity index (χ3v) is 2.24. The average Bonchev–Trinajstić information content (AvgIpc) is 2.34. The first-order valence-corrected chi connectivity index (χ1v) is 4.42. The largest absolute Gasteiger partial charge is 0.359 e. The van der Waals surface area contributed by atoms with E-state index in [1.807, 2.05) is 6.92 Å². The van der Waals surface area contributed by atoms with Crippen LogP contribution in [-0.2, 0) is 4.74 Å². The van der Waals surface area contributed by atoms with Gasteiger partial charge in [-0.25, -0.2) is 0 Å². The van der Waals surface area contributed by atoms with Crippen molar-refractivity contribution in [2.45, 2.75) is 33.9 Å². The highest BCUT2D eigenvalue weighted by molar-refractivity contribution is 5.19. The Bertz CT molecular complexity index is 252. The lowest BCUT2D eigenvalue weighted by Gasteiger charge is -2.15. The van der Waals surface area contributed by atoms with Gasteiger partial charge in [0.2, 0.25) is 0 Å². The second-order valence-corrected chi connectivity index (χ2v) is 3.05. The van der Waals surface area contributed by atoms with E-state index in [4.69, 9.17) is 4.74 Å². The Balaban J connectivity index is 2.80. The van der Waals surface area contributed by atoms with Gasteiger partial charge in [-0.1, -0.05) is 0 Å². The van der Waals surface area contributed by atoms with Gasteiger partial charge in [-0.05, 0) is 39.3 Å². The van der Waals surface area contributed by atoms with Crippen molar-refractivity contribution < 1.29 is 4.74 Å². The Morgan fingerprint density at radius 3 is 2.58 bits per heavy atom. The highest BCUT2D eigenvalue weighted by Crippen LogP contribution is 2.15. The minimum Gasteiger partial charge on any atom is -0.359 e. The van der Waals surface area contributed by atoms with E-state index in [1.165, 1.54) is 11.3 Å². The van der Waals surface area contributed by atoms with Crippen molar-refractivity contribution in [2.24, 2.45) is 0 Å². The van der Waals surface area contributed by atoms with Gasteiger partial charge in [0.25, 0.3) is 0 Å². The molecule has 0 aliphatic heterocycles. The number of aromatic nitrogens is 1. The fraction of sp³-hybridized carbons (Fsp3) is 0.600. The van der Waals surface area contributed by atoms with Gasteiger partial charge in [-0.3, -0.25) is 0 Å². The van der Waals surface area contributed by atoms with Gasteiger partial charge in [0, 0.05) is 18.5 Å².